The van der Waals surface area contributed by atoms with E-state index in [1.807, 2.05) is 31.3 Å². The molecular formula is C53H70Cl4N6O14S2. The number of halogens is 4. The van der Waals surface area contributed by atoms with Gasteiger partial charge >= 0.3 is 0 Å². The van der Waals surface area contributed by atoms with Crippen LogP contribution in [0.5, 0.6) is 0 Å². The van der Waals surface area contributed by atoms with E-state index in [-0.39, 0.29) is 127 Å². The van der Waals surface area contributed by atoms with E-state index in [4.69, 9.17) is 74.8 Å². The van der Waals surface area contributed by atoms with Gasteiger partial charge in [-0.05, 0) is 95.5 Å². The number of hydrogen-bond acceptors (Lipinski definition) is 16. The summed E-state index contributed by atoms with van der Waals surface area (Å²) in [4.78, 5) is 29.3. The van der Waals surface area contributed by atoms with Gasteiger partial charge in [0, 0.05) is 84.3 Å². The number of amides is 2. The minimum absolute atomic E-state index is 0.00791. The lowest BCUT2D eigenvalue weighted by Gasteiger charge is -2.35. The van der Waals surface area contributed by atoms with E-state index in [1.165, 1.54) is 0 Å². The second-order valence-corrected chi connectivity index (χ2v) is 23.8. The van der Waals surface area contributed by atoms with Gasteiger partial charge in [0.25, 0.3) is 11.8 Å². The van der Waals surface area contributed by atoms with Crippen LogP contribution >= 0.6 is 46.4 Å². The Kier molecular flexibility index (Phi) is 26.4. The van der Waals surface area contributed by atoms with Crippen molar-refractivity contribution in [2.75, 3.05) is 132 Å². The quantitative estimate of drug-likeness (QED) is 0.0360. The first-order chi connectivity index (χ1) is 37.9. The maximum Gasteiger partial charge on any atom is 0.252 e. The Balaban J connectivity index is 0.720. The number of aliphatic hydroxyl groups is 2. The molecule has 79 heavy (non-hydrogen) atoms. The fourth-order valence-corrected chi connectivity index (χ4v) is 12.2. The summed E-state index contributed by atoms with van der Waals surface area (Å²) in [6.45, 7) is 7.74. The molecule has 436 valence electrons. The number of fused-ring (bicyclic) bond motifs is 2. The lowest BCUT2D eigenvalue weighted by molar-refractivity contribution is -0.146. The maximum atomic E-state index is 13.2. The molecule has 2 aliphatic heterocycles. The fraction of sp³-hybridized carbons (Fsp3) is 0.509. The van der Waals surface area contributed by atoms with Crippen molar-refractivity contribution in [2.24, 2.45) is 0 Å². The Morgan fingerprint density at radius 1 is 0.557 bits per heavy atom. The highest BCUT2D eigenvalue weighted by atomic mass is 35.5. The summed E-state index contributed by atoms with van der Waals surface area (Å²) in [5.41, 5.74) is 5.61. The molecule has 4 unspecified atom stereocenters. The van der Waals surface area contributed by atoms with Crippen molar-refractivity contribution in [3.63, 3.8) is 0 Å². The van der Waals surface area contributed by atoms with Crippen LogP contribution in [0.15, 0.2) is 82.6 Å². The van der Waals surface area contributed by atoms with Crippen LogP contribution in [-0.4, -0.2) is 193 Å². The van der Waals surface area contributed by atoms with Crippen molar-refractivity contribution in [3.8, 4) is 0 Å². The molecule has 4 aromatic carbocycles. The topological polar surface area (TPSA) is 253 Å². The number of aliphatic hydroxyl groups excluding tert-OH is 2. The lowest BCUT2D eigenvalue weighted by atomic mass is 9.84. The number of sulfonamides is 2. The third kappa shape index (κ3) is 19.8. The average Bonchev–Trinajstić information content (AvgIpc) is 3.46. The van der Waals surface area contributed by atoms with Crippen molar-refractivity contribution in [2.45, 2.75) is 53.8 Å². The first kappa shape index (κ1) is 64.6. The first-order valence-corrected chi connectivity index (χ1v) is 30.3. The highest BCUT2D eigenvalue weighted by Gasteiger charge is 2.32. The molecule has 0 bridgehead atoms. The summed E-state index contributed by atoms with van der Waals surface area (Å²) < 4.78 is 90.6. The summed E-state index contributed by atoms with van der Waals surface area (Å²) >= 11 is 25.8. The number of carbonyl (C=O) groups is 2. The molecular weight excluding hydrogens is 1150 g/mol. The molecule has 0 saturated heterocycles. The molecule has 0 spiro atoms. The van der Waals surface area contributed by atoms with E-state index >= 15 is 0 Å². The van der Waals surface area contributed by atoms with Crippen LogP contribution in [0.1, 0.15) is 52.1 Å². The number of ether oxygens (including phenoxy) is 6. The van der Waals surface area contributed by atoms with E-state index in [9.17, 15) is 36.6 Å². The summed E-state index contributed by atoms with van der Waals surface area (Å²) in [5.74, 6) is -2.15. The van der Waals surface area contributed by atoms with Gasteiger partial charge in [-0.25, -0.2) is 26.3 Å². The van der Waals surface area contributed by atoms with E-state index < -0.39 is 44.1 Å². The number of nitrogens with one attached hydrogen (secondary N) is 4. The summed E-state index contributed by atoms with van der Waals surface area (Å²) in [6.07, 6.45) is -4.04. The van der Waals surface area contributed by atoms with Crippen LogP contribution in [-0.2, 0) is 71.1 Å². The molecule has 0 fully saturated rings. The molecule has 26 heteroatoms. The summed E-state index contributed by atoms with van der Waals surface area (Å²) in [7, 11) is -5.66. The second-order valence-electron chi connectivity index (χ2n) is 18.6. The maximum absolute atomic E-state index is 13.2. The van der Waals surface area contributed by atoms with Crippen LogP contribution in [0.25, 0.3) is 0 Å². The van der Waals surface area contributed by atoms with Crippen molar-refractivity contribution in [3.05, 3.63) is 126 Å². The highest BCUT2D eigenvalue weighted by molar-refractivity contribution is 7.89. The standard InChI is InChI=1S/C53H70Cl4N6O14S2/c1-3-63-34-45(43-29-39(55)31-49(57)47(43)35-63)37-7-5-9-41(27-37)79(70,71)61-13-17-75-21-25-77-23-19-73-15-11-59-53(67)51(65)50(64)52(66)58-10-14-72-18-22-76-24-20-74-16-12-60-78(68,69)40-8-4-6-36(26-40)44-32-62(2)33-46-42(44)28-38(54)30-48(46)56/h4-9,26-31,44-45,50-51,60-61,64-65H,3,10-25,32-35H2,1-2H3,(H,58,66)(H,59,67). The van der Waals surface area contributed by atoms with Gasteiger partial charge in [0.15, 0.2) is 12.2 Å². The number of carbonyl (C=O) groups excluding carboxylic acids is 2. The van der Waals surface area contributed by atoms with Gasteiger partial charge in [0.1, 0.15) is 0 Å². The zero-order valence-corrected chi connectivity index (χ0v) is 48.8. The Hall–Kier alpha value is -3.60. The van der Waals surface area contributed by atoms with Gasteiger partial charge in [-0.2, -0.15) is 0 Å². The van der Waals surface area contributed by atoms with Crippen LogP contribution in [0.2, 0.25) is 20.1 Å². The van der Waals surface area contributed by atoms with E-state index in [2.05, 4.69) is 36.8 Å². The number of benzene rings is 4. The zero-order chi connectivity index (χ0) is 57.0. The molecule has 2 amide bonds. The predicted octanol–water partition coefficient (Wildman–Crippen LogP) is 4.16. The first-order valence-electron chi connectivity index (χ1n) is 25.8. The van der Waals surface area contributed by atoms with Crippen molar-refractivity contribution in [1.82, 2.24) is 29.9 Å². The normalized spacial score (nSPS) is 16.8. The fourth-order valence-electron chi connectivity index (χ4n) is 8.93. The molecule has 4 aromatic rings. The Morgan fingerprint density at radius 2 is 0.937 bits per heavy atom. The predicted molar refractivity (Wildman–Crippen MR) is 300 cm³/mol. The Labute approximate surface area is 482 Å². The lowest BCUT2D eigenvalue weighted by Crippen LogP contribution is -2.50. The van der Waals surface area contributed by atoms with Crippen molar-refractivity contribution in [1.29, 1.82) is 0 Å². The van der Waals surface area contributed by atoms with E-state index in [0.29, 0.717) is 46.3 Å². The van der Waals surface area contributed by atoms with Crippen LogP contribution < -0.4 is 20.1 Å². The third-order valence-electron chi connectivity index (χ3n) is 13.0. The molecule has 2 heterocycles. The molecule has 20 nitrogen and oxygen atoms in total. The van der Waals surface area contributed by atoms with Gasteiger partial charge in [-0.3, -0.25) is 14.5 Å². The van der Waals surface area contributed by atoms with Crippen LogP contribution in [0.3, 0.4) is 0 Å². The van der Waals surface area contributed by atoms with Gasteiger partial charge in [-0.15, -0.1) is 0 Å². The number of hydrogen-bond donors (Lipinski definition) is 6. The van der Waals surface area contributed by atoms with E-state index in [1.54, 1.807) is 48.5 Å². The number of nitrogens with zero attached hydrogens (tertiary/aromatic N) is 2. The molecule has 0 aliphatic carbocycles. The van der Waals surface area contributed by atoms with Crippen LogP contribution in [0.4, 0.5) is 0 Å². The molecule has 2 aliphatic rings. The minimum Gasteiger partial charge on any atom is -0.380 e. The number of likely N-dealkylation sites (N-methyl/N-ethyl adjacent to an activating group) is 2. The SMILES string of the molecule is CCN1Cc2c(Cl)cc(Cl)cc2C(c2cccc(S(=O)(=O)NCCOCCOCCOCCNC(=O)C(O)C(O)C(=O)NCCOCCOCCOCCNS(=O)(=O)c3cccc(C4CN(C)Cc5c(Cl)cc(Cl)cc54)c3)c2)C1. The molecule has 0 aromatic heterocycles. The molecule has 0 radical (unpaired) electrons. The smallest absolute Gasteiger partial charge is 0.252 e. The highest BCUT2D eigenvalue weighted by Crippen LogP contribution is 2.40. The Bertz CT molecular complexity index is 2860. The van der Waals surface area contributed by atoms with Gasteiger partial charge in [0.2, 0.25) is 20.0 Å². The molecule has 0 saturated carbocycles. The summed E-state index contributed by atoms with van der Waals surface area (Å²) in [6, 6.07) is 20.9. The molecule has 6 rings (SSSR count). The monoisotopic (exact) mass is 1220 g/mol. The van der Waals surface area contributed by atoms with E-state index in [0.717, 1.165) is 39.9 Å². The van der Waals surface area contributed by atoms with Gasteiger partial charge in [0.05, 0.1) is 89.1 Å². The minimum atomic E-state index is -3.83. The largest absolute Gasteiger partial charge is 0.380 e. The van der Waals surface area contributed by atoms with Gasteiger partial charge < -0.3 is 54.2 Å². The summed E-state index contributed by atoms with van der Waals surface area (Å²) in [5, 5.41) is 27.3. The second kappa shape index (κ2) is 32.3. The van der Waals surface area contributed by atoms with Crippen LogP contribution in [0, 0.1) is 0 Å². The third-order valence-corrected chi connectivity index (χ3v) is 17.0. The van der Waals surface area contributed by atoms with Crippen molar-refractivity contribution < 1.29 is 65.1 Å². The zero-order valence-electron chi connectivity index (χ0n) is 44.1. The molecule has 6 N–H and O–H groups in total. The molecule has 4 atom stereocenters. The van der Waals surface area contributed by atoms with Crippen molar-refractivity contribution >= 4 is 78.3 Å². The Morgan fingerprint density at radius 3 is 1.35 bits per heavy atom. The van der Waals surface area contributed by atoms with Gasteiger partial charge in [-0.1, -0.05) is 77.6 Å². The average molecular weight is 1220 g/mol. The number of rotatable bonds is 34.